The molecule has 2 heterocycles. The fourth-order valence-corrected chi connectivity index (χ4v) is 4.50. The van der Waals surface area contributed by atoms with Crippen LogP contribution in [-0.4, -0.2) is 22.2 Å². The Morgan fingerprint density at radius 1 is 1.11 bits per heavy atom. The number of hydrogen-bond acceptors (Lipinski definition) is 4. The summed E-state index contributed by atoms with van der Waals surface area (Å²) in [5, 5.41) is 10.9. The van der Waals surface area contributed by atoms with Gasteiger partial charge in [-0.15, -0.1) is 11.3 Å². The molecule has 4 rings (SSSR count). The van der Waals surface area contributed by atoms with Crippen molar-refractivity contribution in [3.63, 3.8) is 0 Å². The van der Waals surface area contributed by atoms with Crippen LogP contribution in [0.4, 0.5) is 0 Å². The van der Waals surface area contributed by atoms with Crippen LogP contribution in [0, 0.1) is 5.92 Å². The smallest absolute Gasteiger partial charge is 0.275 e. The van der Waals surface area contributed by atoms with Crippen LogP contribution < -0.4 is 10.9 Å². The number of benzene rings is 1. The Bertz CT molecular complexity index is 988. The summed E-state index contributed by atoms with van der Waals surface area (Å²) in [5.41, 5.74) is 0.527. The molecule has 6 heteroatoms. The molecule has 3 aromatic rings. The quantitative estimate of drug-likeness (QED) is 0.731. The number of amides is 1. The maximum Gasteiger partial charge on any atom is 0.275 e. The van der Waals surface area contributed by atoms with Gasteiger partial charge in [0.1, 0.15) is 12.2 Å². The van der Waals surface area contributed by atoms with Crippen LogP contribution in [0.15, 0.2) is 46.6 Å². The van der Waals surface area contributed by atoms with Crippen LogP contribution in [0.5, 0.6) is 0 Å². The van der Waals surface area contributed by atoms with Crippen molar-refractivity contribution in [3.05, 3.63) is 52.1 Å². The van der Waals surface area contributed by atoms with Gasteiger partial charge >= 0.3 is 0 Å². The normalized spacial score (nSPS) is 15.1. The van der Waals surface area contributed by atoms with Crippen molar-refractivity contribution in [1.29, 1.82) is 0 Å². The molecule has 1 amide bonds. The Morgan fingerprint density at radius 3 is 2.63 bits per heavy atom. The minimum Gasteiger partial charge on any atom is -0.354 e. The second kappa shape index (κ2) is 8.05. The highest BCUT2D eigenvalue weighted by Crippen LogP contribution is 2.28. The first-order valence-electron chi connectivity index (χ1n) is 9.53. The van der Waals surface area contributed by atoms with Crippen LogP contribution in [0.1, 0.15) is 32.1 Å². The first kappa shape index (κ1) is 17.9. The topological polar surface area (TPSA) is 64.0 Å². The number of carbonyl (C=O) groups is 1. The Morgan fingerprint density at radius 2 is 1.89 bits per heavy atom. The Labute approximate surface area is 162 Å². The molecule has 5 nitrogen and oxygen atoms in total. The maximum absolute atomic E-state index is 12.8. The molecule has 1 N–H and O–H groups in total. The molecule has 2 aromatic heterocycles. The van der Waals surface area contributed by atoms with E-state index in [9.17, 15) is 9.59 Å². The van der Waals surface area contributed by atoms with Crippen LogP contribution in [0.3, 0.4) is 0 Å². The molecule has 0 spiro atoms. The van der Waals surface area contributed by atoms with Crippen molar-refractivity contribution in [2.24, 2.45) is 5.92 Å². The van der Waals surface area contributed by atoms with Crippen molar-refractivity contribution in [1.82, 2.24) is 15.1 Å². The summed E-state index contributed by atoms with van der Waals surface area (Å²) >= 11 is 1.57. The van der Waals surface area contributed by atoms with E-state index in [1.807, 2.05) is 35.7 Å². The lowest BCUT2D eigenvalue weighted by atomic mass is 9.89. The molecule has 0 saturated heterocycles. The summed E-state index contributed by atoms with van der Waals surface area (Å²) < 4.78 is 1.30. The third-order valence-electron chi connectivity index (χ3n) is 5.23. The van der Waals surface area contributed by atoms with Gasteiger partial charge in [0.2, 0.25) is 5.91 Å². The van der Waals surface area contributed by atoms with Gasteiger partial charge in [-0.2, -0.15) is 5.10 Å². The zero-order chi connectivity index (χ0) is 18.6. The number of hydrogen-bond donors (Lipinski definition) is 1. The first-order chi connectivity index (χ1) is 13.2. The lowest BCUT2D eigenvalue weighted by Crippen LogP contribution is -2.36. The van der Waals surface area contributed by atoms with Crippen molar-refractivity contribution in [2.75, 3.05) is 6.54 Å². The Balaban J connectivity index is 1.59. The molecule has 1 aromatic carbocycles. The van der Waals surface area contributed by atoms with Gasteiger partial charge in [0.25, 0.3) is 5.56 Å². The first-order valence-corrected chi connectivity index (χ1v) is 10.4. The number of nitrogens with one attached hydrogen (secondary N) is 1. The van der Waals surface area contributed by atoms with E-state index in [0.29, 0.717) is 17.8 Å². The highest BCUT2D eigenvalue weighted by molar-refractivity contribution is 7.13. The molecule has 1 aliphatic rings. The molecular formula is C21H23N3O2S. The van der Waals surface area contributed by atoms with E-state index in [2.05, 4.69) is 10.4 Å². The number of fused-ring (bicyclic) bond motifs is 1. The number of aromatic nitrogens is 2. The molecule has 1 aliphatic carbocycles. The van der Waals surface area contributed by atoms with Gasteiger partial charge in [-0.3, -0.25) is 9.59 Å². The number of rotatable bonds is 5. The van der Waals surface area contributed by atoms with Gasteiger partial charge in [0.15, 0.2) is 0 Å². The highest BCUT2D eigenvalue weighted by Gasteiger charge is 2.17. The summed E-state index contributed by atoms with van der Waals surface area (Å²) in [7, 11) is 0. The van der Waals surface area contributed by atoms with Crippen LogP contribution >= 0.6 is 11.3 Å². The molecule has 0 aliphatic heterocycles. The predicted molar refractivity (Wildman–Crippen MR) is 109 cm³/mol. The molecule has 0 unspecified atom stereocenters. The average Bonchev–Trinajstić information content (AvgIpc) is 3.24. The second-order valence-corrected chi connectivity index (χ2v) is 8.09. The summed E-state index contributed by atoms with van der Waals surface area (Å²) in [4.78, 5) is 26.2. The van der Waals surface area contributed by atoms with E-state index in [1.165, 1.54) is 36.8 Å². The standard InChI is InChI=1S/C21H23N3O2S/c25-19(22-13-15-7-2-1-3-8-15)14-24-21(26)17-10-5-4-9-16(17)20(23-24)18-11-6-12-27-18/h4-6,9-12,15H,1-3,7-8,13-14H2,(H,22,25). The maximum atomic E-state index is 12.8. The summed E-state index contributed by atoms with van der Waals surface area (Å²) in [6, 6.07) is 11.4. The van der Waals surface area contributed by atoms with E-state index in [-0.39, 0.29) is 18.0 Å². The third-order valence-corrected chi connectivity index (χ3v) is 6.10. The molecular weight excluding hydrogens is 358 g/mol. The Kier molecular flexibility index (Phi) is 5.34. The van der Waals surface area contributed by atoms with Crippen molar-refractivity contribution < 1.29 is 4.79 Å². The average molecular weight is 382 g/mol. The van der Waals surface area contributed by atoms with Gasteiger partial charge in [-0.05, 0) is 36.3 Å². The fraction of sp³-hybridized carbons (Fsp3) is 0.381. The van der Waals surface area contributed by atoms with Crippen molar-refractivity contribution >= 4 is 28.0 Å². The van der Waals surface area contributed by atoms with Gasteiger partial charge < -0.3 is 5.32 Å². The molecule has 0 radical (unpaired) electrons. The van der Waals surface area contributed by atoms with Gasteiger partial charge in [0, 0.05) is 11.9 Å². The molecule has 27 heavy (non-hydrogen) atoms. The van der Waals surface area contributed by atoms with Crippen LogP contribution in [0.25, 0.3) is 21.3 Å². The zero-order valence-corrected chi connectivity index (χ0v) is 16.0. The van der Waals surface area contributed by atoms with Gasteiger partial charge in [-0.25, -0.2) is 4.68 Å². The lowest BCUT2D eigenvalue weighted by Gasteiger charge is -2.21. The third kappa shape index (κ3) is 3.95. The SMILES string of the molecule is O=C(Cn1nc(-c2cccs2)c2ccccc2c1=O)NCC1CCCCC1. The largest absolute Gasteiger partial charge is 0.354 e. The Hall–Kier alpha value is -2.47. The van der Waals surface area contributed by atoms with Gasteiger partial charge in [0.05, 0.1) is 10.3 Å². The predicted octanol–water partition coefficient (Wildman–Crippen LogP) is 3.82. The molecule has 1 saturated carbocycles. The fourth-order valence-electron chi connectivity index (χ4n) is 3.78. The number of carbonyl (C=O) groups excluding carboxylic acids is 1. The van der Waals surface area contributed by atoms with E-state index in [4.69, 9.17) is 0 Å². The second-order valence-electron chi connectivity index (χ2n) is 7.14. The molecule has 1 fully saturated rings. The van der Waals surface area contributed by atoms with Crippen LogP contribution in [-0.2, 0) is 11.3 Å². The molecule has 0 atom stereocenters. The summed E-state index contributed by atoms with van der Waals surface area (Å²) in [6.45, 7) is 0.647. The van der Waals surface area contributed by atoms with Crippen molar-refractivity contribution in [2.45, 2.75) is 38.6 Å². The molecule has 0 bridgehead atoms. The van der Waals surface area contributed by atoms with E-state index in [0.717, 1.165) is 16.0 Å². The number of thiophene rings is 1. The van der Waals surface area contributed by atoms with Gasteiger partial charge in [-0.1, -0.05) is 43.5 Å². The minimum atomic E-state index is -0.223. The lowest BCUT2D eigenvalue weighted by molar-refractivity contribution is -0.122. The van der Waals surface area contributed by atoms with E-state index < -0.39 is 0 Å². The summed E-state index contributed by atoms with van der Waals surface area (Å²) in [5.74, 6) is 0.410. The van der Waals surface area contributed by atoms with E-state index in [1.54, 1.807) is 17.4 Å². The molecule has 140 valence electrons. The summed E-state index contributed by atoms with van der Waals surface area (Å²) in [6.07, 6.45) is 6.15. The van der Waals surface area contributed by atoms with E-state index >= 15 is 0 Å². The number of nitrogens with zero attached hydrogens (tertiary/aromatic N) is 2. The van der Waals surface area contributed by atoms with Crippen LogP contribution in [0.2, 0.25) is 0 Å². The monoisotopic (exact) mass is 381 g/mol. The minimum absolute atomic E-state index is 0.0469. The zero-order valence-electron chi connectivity index (χ0n) is 15.2. The van der Waals surface area contributed by atoms with Crippen molar-refractivity contribution in [3.8, 4) is 10.6 Å². The highest BCUT2D eigenvalue weighted by atomic mass is 32.1.